The zero-order chi connectivity index (χ0) is 16.4. The van der Waals surface area contributed by atoms with Crippen molar-refractivity contribution >= 4 is 5.91 Å². The number of rotatable bonds is 4. The van der Waals surface area contributed by atoms with Gasteiger partial charge in [0.05, 0.1) is 25.4 Å². The first-order valence-corrected chi connectivity index (χ1v) is 7.24. The van der Waals surface area contributed by atoms with Crippen molar-refractivity contribution in [2.45, 2.75) is 43.7 Å². The molecule has 2 heterocycles. The van der Waals surface area contributed by atoms with Crippen LogP contribution in [0.5, 0.6) is 0 Å². The van der Waals surface area contributed by atoms with Crippen LogP contribution in [-0.2, 0) is 25.6 Å². The van der Waals surface area contributed by atoms with E-state index in [2.05, 4.69) is 0 Å². The number of ether oxygens (including phenoxy) is 3. The van der Waals surface area contributed by atoms with Crippen molar-refractivity contribution in [3.63, 3.8) is 0 Å². The van der Waals surface area contributed by atoms with Crippen LogP contribution in [0.15, 0.2) is 30.3 Å². The molecule has 1 amide bonds. The molecule has 2 fully saturated rings. The van der Waals surface area contributed by atoms with E-state index in [-0.39, 0.29) is 19.1 Å². The highest BCUT2D eigenvalue weighted by Gasteiger charge is 2.48. The standard InChI is InChI=1S/C15H16F3NO4/c16-15(17,18)14(20)19-10-6-11(12-8-22-13(10)23-12)21-7-9-4-2-1-3-5-9/h1-5,10-13H,6-8H2,(H,19,20)/t10-,11+,12-,13-/m1/s1. The van der Waals surface area contributed by atoms with Gasteiger partial charge in [-0.15, -0.1) is 0 Å². The summed E-state index contributed by atoms with van der Waals surface area (Å²) < 4.78 is 53.7. The Morgan fingerprint density at radius 2 is 2.04 bits per heavy atom. The van der Waals surface area contributed by atoms with Crippen LogP contribution in [0.3, 0.4) is 0 Å². The summed E-state index contributed by atoms with van der Waals surface area (Å²) in [5.41, 5.74) is 0.949. The van der Waals surface area contributed by atoms with Crippen molar-refractivity contribution < 1.29 is 32.2 Å². The summed E-state index contributed by atoms with van der Waals surface area (Å²) in [5, 5.41) is 1.92. The molecular weight excluding hydrogens is 315 g/mol. The van der Waals surface area contributed by atoms with E-state index in [0.29, 0.717) is 6.61 Å². The number of nitrogens with one attached hydrogen (secondary N) is 1. The third kappa shape index (κ3) is 3.82. The number of hydrogen-bond donors (Lipinski definition) is 1. The molecule has 0 spiro atoms. The predicted molar refractivity (Wildman–Crippen MR) is 72.2 cm³/mol. The van der Waals surface area contributed by atoms with E-state index in [1.165, 1.54) is 0 Å². The Bertz CT molecular complexity index is 551. The smallest absolute Gasteiger partial charge is 0.371 e. The summed E-state index contributed by atoms with van der Waals surface area (Å²) in [6, 6.07) is 8.52. The van der Waals surface area contributed by atoms with Gasteiger partial charge in [0.1, 0.15) is 6.10 Å². The fourth-order valence-corrected chi connectivity index (χ4v) is 2.69. The number of benzene rings is 1. The zero-order valence-electron chi connectivity index (χ0n) is 12.1. The van der Waals surface area contributed by atoms with E-state index in [1.54, 1.807) is 0 Å². The zero-order valence-corrected chi connectivity index (χ0v) is 12.1. The molecule has 3 rings (SSSR count). The van der Waals surface area contributed by atoms with Gasteiger partial charge in [0.2, 0.25) is 0 Å². The van der Waals surface area contributed by atoms with E-state index >= 15 is 0 Å². The lowest BCUT2D eigenvalue weighted by Crippen LogP contribution is -2.54. The SMILES string of the molecule is O=C(N[C@@H]1C[C@H](OCc2ccccc2)[C@H]2CO[C@@H]1O2)C(F)(F)F. The molecule has 2 aliphatic rings. The maximum Gasteiger partial charge on any atom is 0.471 e. The Morgan fingerprint density at radius 1 is 1.30 bits per heavy atom. The van der Waals surface area contributed by atoms with Gasteiger partial charge in [0, 0.05) is 6.42 Å². The summed E-state index contributed by atoms with van der Waals surface area (Å²) in [5.74, 6) is -2.00. The highest BCUT2D eigenvalue weighted by Crippen LogP contribution is 2.30. The molecule has 2 aliphatic heterocycles. The van der Waals surface area contributed by atoms with Gasteiger partial charge in [-0.2, -0.15) is 13.2 Å². The van der Waals surface area contributed by atoms with Crippen molar-refractivity contribution in [2.75, 3.05) is 6.61 Å². The van der Waals surface area contributed by atoms with Gasteiger partial charge in [-0.1, -0.05) is 30.3 Å². The van der Waals surface area contributed by atoms with Gasteiger partial charge in [0.15, 0.2) is 6.29 Å². The van der Waals surface area contributed by atoms with E-state index < -0.39 is 30.5 Å². The second-order valence-electron chi connectivity index (χ2n) is 5.52. The molecule has 1 aromatic rings. The van der Waals surface area contributed by atoms with Crippen LogP contribution in [0.4, 0.5) is 13.2 Å². The number of carbonyl (C=O) groups is 1. The number of carbonyl (C=O) groups excluding carboxylic acids is 1. The summed E-state index contributed by atoms with van der Waals surface area (Å²) in [7, 11) is 0. The second kappa shape index (κ2) is 6.46. The molecule has 0 aliphatic carbocycles. The summed E-state index contributed by atoms with van der Waals surface area (Å²) in [4.78, 5) is 11.1. The average Bonchev–Trinajstić information content (AvgIpc) is 2.94. The minimum absolute atomic E-state index is 0.212. The number of amides is 1. The predicted octanol–water partition coefficient (Wildman–Crippen LogP) is 1.76. The third-order valence-electron chi connectivity index (χ3n) is 3.84. The van der Waals surface area contributed by atoms with Crippen LogP contribution in [0, 0.1) is 0 Å². The van der Waals surface area contributed by atoms with Crippen molar-refractivity contribution in [1.29, 1.82) is 0 Å². The largest absolute Gasteiger partial charge is 0.471 e. The number of fused-ring (bicyclic) bond motifs is 2. The first-order chi connectivity index (χ1) is 10.9. The van der Waals surface area contributed by atoms with Crippen LogP contribution in [0.2, 0.25) is 0 Å². The molecule has 0 unspecified atom stereocenters. The summed E-state index contributed by atoms with van der Waals surface area (Å²) >= 11 is 0. The van der Waals surface area contributed by atoms with Gasteiger partial charge in [-0.25, -0.2) is 0 Å². The quantitative estimate of drug-likeness (QED) is 0.913. The van der Waals surface area contributed by atoms with Crippen molar-refractivity contribution in [3.8, 4) is 0 Å². The van der Waals surface area contributed by atoms with E-state index in [4.69, 9.17) is 14.2 Å². The Balaban J connectivity index is 1.60. The van der Waals surface area contributed by atoms with Crippen LogP contribution >= 0.6 is 0 Å². The van der Waals surface area contributed by atoms with Crippen molar-refractivity contribution in [1.82, 2.24) is 5.32 Å². The molecule has 2 bridgehead atoms. The van der Waals surface area contributed by atoms with Crippen LogP contribution in [-0.4, -0.2) is 43.2 Å². The number of hydrogen-bond acceptors (Lipinski definition) is 4. The molecule has 1 aromatic carbocycles. The third-order valence-corrected chi connectivity index (χ3v) is 3.84. The normalized spacial score (nSPS) is 30.2. The first-order valence-electron chi connectivity index (χ1n) is 7.24. The molecule has 2 saturated heterocycles. The monoisotopic (exact) mass is 331 g/mol. The molecule has 1 N–H and O–H groups in total. The summed E-state index contributed by atoms with van der Waals surface area (Å²) in [6.07, 6.45) is -6.35. The highest BCUT2D eigenvalue weighted by atomic mass is 19.4. The second-order valence-corrected chi connectivity index (χ2v) is 5.52. The first kappa shape index (κ1) is 16.2. The highest BCUT2D eigenvalue weighted by molar-refractivity contribution is 5.82. The van der Waals surface area contributed by atoms with E-state index in [0.717, 1.165) is 5.56 Å². The molecule has 126 valence electrons. The van der Waals surface area contributed by atoms with Gasteiger partial charge >= 0.3 is 12.1 Å². The Kier molecular flexibility index (Phi) is 4.56. The lowest BCUT2D eigenvalue weighted by Gasteiger charge is -2.34. The summed E-state index contributed by atoms with van der Waals surface area (Å²) in [6.45, 7) is 0.554. The Labute approximate surface area is 130 Å². The van der Waals surface area contributed by atoms with E-state index in [1.807, 2.05) is 35.6 Å². The molecular formula is C15H16F3NO4. The Hall–Kier alpha value is -1.64. The van der Waals surface area contributed by atoms with Crippen molar-refractivity contribution in [3.05, 3.63) is 35.9 Å². The fraction of sp³-hybridized carbons (Fsp3) is 0.533. The van der Waals surface area contributed by atoms with E-state index in [9.17, 15) is 18.0 Å². The molecule has 8 heteroatoms. The molecule has 23 heavy (non-hydrogen) atoms. The van der Waals surface area contributed by atoms with Gasteiger partial charge < -0.3 is 19.5 Å². The number of alkyl halides is 3. The molecule has 0 aromatic heterocycles. The van der Waals surface area contributed by atoms with Gasteiger partial charge in [0.25, 0.3) is 0 Å². The lowest BCUT2D eigenvalue weighted by atomic mass is 10.0. The molecule has 0 radical (unpaired) electrons. The minimum Gasteiger partial charge on any atom is -0.371 e. The topological polar surface area (TPSA) is 56.8 Å². The van der Waals surface area contributed by atoms with Crippen LogP contribution < -0.4 is 5.32 Å². The maximum absolute atomic E-state index is 12.4. The minimum atomic E-state index is -4.93. The van der Waals surface area contributed by atoms with Gasteiger partial charge in [-0.3, -0.25) is 4.79 Å². The fourth-order valence-electron chi connectivity index (χ4n) is 2.69. The molecule has 5 nitrogen and oxygen atoms in total. The van der Waals surface area contributed by atoms with Gasteiger partial charge in [-0.05, 0) is 5.56 Å². The Morgan fingerprint density at radius 3 is 2.74 bits per heavy atom. The lowest BCUT2D eigenvalue weighted by molar-refractivity contribution is -0.184. The molecule has 4 atom stereocenters. The average molecular weight is 331 g/mol. The van der Waals surface area contributed by atoms with Crippen molar-refractivity contribution in [2.24, 2.45) is 0 Å². The molecule has 0 saturated carbocycles. The number of halogens is 3. The van der Waals surface area contributed by atoms with Crippen LogP contribution in [0.1, 0.15) is 12.0 Å². The maximum atomic E-state index is 12.4. The van der Waals surface area contributed by atoms with Crippen LogP contribution in [0.25, 0.3) is 0 Å².